The van der Waals surface area contributed by atoms with Crippen molar-refractivity contribution in [3.8, 4) is 0 Å². The molecule has 0 radical (unpaired) electrons. The van der Waals surface area contributed by atoms with E-state index in [1.807, 2.05) is 4.57 Å². The summed E-state index contributed by atoms with van der Waals surface area (Å²) in [6.07, 6.45) is 3.90. The molecule has 1 saturated carbocycles. The van der Waals surface area contributed by atoms with Gasteiger partial charge in [-0.3, -0.25) is 0 Å². The van der Waals surface area contributed by atoms with Crippen molar-refractivity contribution in [2.75, 3.05) is 18.9 Å². The molecule has 18 heavy (non-hydrogen) atoms. The average molecular weight is 249 g/mol. The van der Waals surface area contributed by atoms with Gasteiger partial charge in [-0.25, -0.2) is 15.0 Å². The summed E-state index contributed by atoms with van der Waals surface area (Å²) in [4.78, 5) is 12.3. The summed E-state index contributed by atoms with van der Waals surface area (Å²) >= 11 is 0. The van der Waals surface area contributed by atoms with Crippen LogP contribution >= 0.6 is 0 Å². The van der Waals surface area contributed by atoms with Crippen LogP contribution in [0, 0.1) is 11.8 Å². The highest BCUT2D eigenvalue weighted by molar-refractivity contribution is 5.81. The third-order valence-corrected chi connectivity index (χ3v) is 3.83. The Kier molecular flexibility index (Phi) is 2.64. The molecule has 7 heteroatoms. The third kappa shape index (κ3) is 1.48. The molecule has 2 heterocycles. The largest absolute Gasteiger partial charge is 0.396 e. The fourth-order valence-corrected chi connectivity index (χ4v) is 2.69. The molecule has 1 aliphatic carbocycles. The summed E-state index contributed by atoms with van der Waals surface area (Å²) in [6, 6.07) is 0.117. The minimum atomic E-state index is 0.0450. The van der Waals surface area contributed by atoms with E-state index in [1.54, 1.807) is 6.33 Å². The number of fused-ring (bicyclic) bond motifs is 1. The summed E-state index contributed by atoms with van der Waals surface area (Å²) in [6.45, 7) is 0.154. The van der Waals surface area contributed by atoms with E-state index >= 15 is 0 Å². The van der Waals surface area contributed by atoms with E-state index in [2.05, 4.69) is 15.0 Å². The van der Waals surface area contributed by atoms with Crippen LogP contribution in [0.3, 0.4) is 0 Å². The number of aliphatic hydroxyl groups is 2. The van der Waals surface area contributed by atoms with Gasteiger partial charge < -0.3 is 20.5 Å². The highest BCUT2D eigenvalue weighted by atomic mass is 16.3. The smallest absolute Gasteiger partial charge is 0.165 e. The van der Waals surface area contributed by atoms with Crippen LogP contribution in [-0.4, -0.2) is 42.9 Å². The second-order valence-electron chi connectivity index (χ2n) is 4.68. The summed E-state index contributed by atoms with van der Waals surface area (Å²) < 4.78 is 1.92. The number of aliphatic hydroxyl groups excluding tert-OH is 2. The molecule has 96 valence electrons. The normalized spacial score (nSPS) is 27.3. The molecule has 2 unspecified atom stereocenters. The first-order valence-corrected chi connectivity index (χ1v) is 5.91. The van der Waals surface area contributed by atoms with Crippen molar-refractivity contribution in [1.29, 1.82) is 0 Å². The minimum absolute atomic E-state index is 0.0450. The van der Waals surface area contributed by atoms with E-state index in [0.29, 0.717) is 17.0 Å². The Hall–Kier alpha value is -1.73. The Bertz CT molecular complexity index is 570. The van der Waals surface area contributed by atoms with E-state index in [4.69, 9.17) is 5.73 Å². The monoisotopic (exact) mass is 249 g/mol. The molecule has 4 N–H and O–H groups in total. The van der Waals surface area contributed by atoms with Gasteiger partial charge in [0, 0.05) is 25.2 Å². The van der Waals surface area contributed by atoms with Crippen LogP contribution in [0.4, 0.5) is 5.82 Å². The molecular weight excluding hydrogens is 234 g/mol. The van der Waals surface area contributed by atoms with Crippen molar-refractivity contribution in [1.82, 2.24) is 19.5 Å². The lowest BCUT2D eigenvalue weighted by molar-refractivity contribution is -0.00529. The van der Waals surface area contributed by atoms with Crippen LogP contribution in [0.1, 0.15) is 12.5 Å². The molecule has 1 aliphatic rings. The topological polar surface area (TPSA) is 110 Å². The molecule has 0 aromatic carbocycles. The van der Waals surface area contributed by atoms with E-state index in [-0.39, 0.29) is 31.1 Å². The van der Waals surface area contributed by atoms with Crippen molar-refractivity contribution in [2.24, 2.45) is 11.8 Å². The lowest BCUT2D eigenvalue weighted by Crippen LogP contribution is -2.42. The van der Waals surface area contributed by atoms with Crippen molar-refractivity contribution in [3.05, 3.63) is 12.7 Å². The maximum absolute atomic E-state index is 9.38. The van der Waals surface area contributed by atoms with Crippen molar-refractivity contribution in [3.63, 3.8) is 0 Å². The Morgan fingerprint density at radius 1 is 1.28 bits per heavy atom. The Balaban J connectivity index is 1.99. The molecule has 0 bridgehead atoms. The predicted molar refractivity (Wildman–Crippen MR) is 64.5 cm³/mol. The molecule has 0 amide bonds. The van der Waals surface area contributed by atoms with E-state index in [0.717, 1.165) is 6.42 Å². The molecule has 3 rings (SSSR count). The first kappa shape index (κ1) is 11.4. The van der Waals surface area contributed by atoms with Crippen molar-refractivity contribution in [2.45, 2.75) is 12.5 Å². The molecule has 0 saturated heterocycles. The van der Waals surface area contributed by atoms with Crippen LogP contribution in [0.2, 0.25) is 0 Å². The summed E-state index contributed by atoms with van der Waals surface area (Å²) in [5.41, 5.74) is 7.00. The lowest BCUT2D eigenvalue weighted by atomic mass is 9.70. The van der Waals surface area contributed by atoms with Gasteiger partial charge in [-0.15, -0.1) is 0 Å². The van der Waals surface area contributed by atoms with Gasteiger partial charge in [0.1, 0.15) is 11.8 Å². The molecule has 3 atom stereocenters. The second kappa shape index (κ2) is 4.18. The fraction of sp³-hybridized carbons (Fsp3) is 0.545. The summed E-state index contributed by atoms with van der Waals surface area (Å²) in [5, 5.41) is 18.6. The van der Waals surface area contributed by atoms with Gasteiger partial charge in [-0.05, 0) is 12.3 Å². The van der Waals surface area contributed by atoms with Gasteiger partial charge in [0.05, 0.1) is 6.33 Å². The van der Waals surface area contributed by atoms with E-state index < -0.39 is 0 Å². The number of hydrogen-bond donors (Lipinski definition) is 3. The van der Waals surface area contributed by atoms with Gasteiger partial charge in [0.15, 0.2) is 11.5 Å². The zero-order valence-electron chi connectivity index (χ0n) is 9.77. The summed E-state index contributed by atoms with van der Waals surface area (Å²) in [7, 11) is 0. The van der Waals surface area contributed by atoms with Crippen LogP contribution in [-0.2, 0) is 0 Å². The number of aromatic nitrogens is 4. The Labute approximate surface area is 103 Å². The number of anilines is 1. The highest BCUT2D eigenvalue weighted by Gasteiger charge is 2.41. The van der Waals surface area contributed by atoms with E-state index in [1.165, 1.54) is 6.33 Å². The molecule has 7 nitrogen and oxygen atoms in total. The molecule has 1 fully saturated rings. The fourth-order valence-electron chi connectivity index (χ4n) is 2.69. The molecule has 0 aliphatic heterocycles. The molecule has 2 aromatic heterocycles. The van der Waals surface area contributed by atoms with Gasteiger partial charge in [0.2, 0.25) is 0 Å². The SMILES string of the molecule is Nc1ncnc2c1ncn2C1CC(CO)[C@@H]1CO. The van der Waals surface area contributed by atoms with Gasteiger partial charge in [-0.1, -0.05) is 0 Å². The first-order valence-electron chi connectivity index (χ1n) is 5.91. The molecular formula is C11H15N5O2. The quantitative estimate of drug-likeness (QED) is 0.681. The maximum atomic E-state index is 9.38. The second-order valence-corrected chi connectivity index (χ2v) is 4.68. The van der Waals surface area contributed by atoms with Crippen LogP contribution in [0.5, 0.6) is 0 Å². The highest BCUT2D eigenvalue weighted by Crippen LogP contribution is 2.44. The van der Waals surface area contributed by atoms with Gasteiger partial charge in [0.25, 0.3) is 0 Å². The standard InChI is InChI=1S/C11H15N5O2/c12-10-9-11(14-4-13-10)16(5-15-9)8-1-6(2-17)7(8)3-18/h4-8,17-18H,1-3H2,(H2,12,13,14)/t6?,7-,8?/m0/s1. The molecule has 0 spiro atoms. The van der Waals surface area contributed by atoms with Crippen LogP contribution < -0.4 is 5.73 Å². The molecule has 2 aromatic rings. The number of nitrogens with two attached hydrogens (primary N) is 1. The Morgan fingerprint density at radius 3 is 2.83 bits per heavy atom. The zero-order chi connectivity index (χ0) is 12.7. The van der Waals surface area contributed by atoms with E-state index in [9.17, 15) is 10.2 Å². The van der Waals surface area contributed by atoms with Crippen molar-refractivity contribution < 1.29 is 10.2 Å². The first-order chi connectivity index (χ1) is 8.76. The van der Waals surface area contributed by atoms with Crippen molar-refractivity contribution >= 4 is 17.0 Å². The number of hydrogen-bond acceptors (Lipinski definition) is 6. The minimum Gasteiger partial charge on any atom is -0.396 e. The third-order valence-electron chi connectivity index (χ3n) is 3.83. The van der Waals surface area contributed by atoms with Gasteiger partial charge in [-0.2, -0.15) is 0 Å². The Morgan fingerprint density at radius 2 is 2.11 bits per heavy atom. The number of nitrogen functional groups attached to an aromatic ring is 1. The maximum Gasteiger partial charge on any atom is 0.165 e. The lowest BCUT2D eigenvalue weighted by Gasteiger charge is -2.43. The predicted octanol–water partition coefficient (Wildman–Crippen LogP) is -0.430. The zero-order valence-corrected chi connectivity index (χ0v) is 9.77. The summed E-state index contributed by atoms with van der Waals surface area (Å²) in [5.74, 6) is 0.553. The average Bonchev–Trinajstić information content (AvgIpc) is 2.75. The van der Waals surface area contributed by atoms with Crippen LogP contribution in [0.25, 0.3) is 11.2 Å². The number of rotatable bonds is 3. The van der Waals surface area contributed by atoms with Crippen LogP contribution in [0.15, 0.2) is 12.7 Å². The number of nitrogens with zero attached hydrogens (tertiary/aromatic N) is 4. The van der Waals surface area contributed by atoms with Gasteiger partial charge >= 0.3 is 0 Å². The number of imidazole rings is 1.